The first-order valence-corrected chi connectivity index (χ1v) is 8.71. The fraction of sp³-hybridized carbons (Fsp3) is 0.385. The minimum Gasteiger partial charge on any atom is -0.477 e. The van der Waals surface area contributed by atoms with Crippen molar-refractivity contribution in [2.24, 2.45) is 7.05 Å². The van der Waals surface area contributed by atoms with E-state index in [1.807, 2.05) is 20.8 Å². The molecule has 0 bridgehead atoms. The first-order chi connectivity index (χ1) is 10.0. The van der Waals surface area contributed by atoms with Crippen molar-refractivity contribution < 1.29 is 18.3 Å². The molecule has 0 atom stereocenters. The molecule has 7 nitrogen and oxygen atoms in total. The molecule has 2 aromatic rings. The molecule has 0 aromatic carbocycles. The highest BCUT2D eigenvalue weighted by atomic mass is 32.2. The number of rotatable bonds is 4. The van der Waals surface area contributed by atoms with Gasteiger partial charge < -0.3 is 5.11 Å². The number of anilines is 1. The highest BCUT2D eigenvalue weighted by molar-refractivity contribution is 7.93. The lowest BCUT2D eigenvalue weighted by atomic mass is 9.95. The van der Waals surface area contributed by atoms with Crippen LogP contribution in [0.4, 0.5) is 5.82 Å². The number of carboxylic acid groups (broad SMARTS) is 1. The number of nitrogens with zero attached hydrogens (tertiary/aromatic N) is 2. The quantitative estimate of drug-likeness (QED) is 0.887. The maximum absolute atomic E-state index is 12.6. The van der Waals surface area contributed by atoms with E-state index in [1.54, 1.807) is 13.2 Å². The van der Waals surface area contributed by atoms with Gasteiger partial charge in [-0.2, -0.15) is 5.10 Å². The minimum absolute atomic E-state index is 0.00804. The molecular formula is C13H17N3O4S2. The van der Waals surface area contributed by atoms with Gasteiger partial charge >= 0.3 is 5.97 Å². The average molecular weight is 343 g/mol. The van der Waals surface area contributed by atoms with E-state index in [-0.39, 0.29) is 15.6 Å². The SMILES string of the molecule is Cn1ccc(NS(=O)(=O)c2cc(C(=O)O)sc2C(C)(C)C)n1. The lowest BCUT2D eigenvalue weighted by Gasteiger charge is -2.18. The van der Waals surface area contributed by atoms with E-state index in [0.29, 0.717) is 4.88 Å². The van der Waals surface area contributed by atoms with Crippen LogP contribution < -0.4 is 4.72 Å². The fourth-order valence-electron chi connectivity index (χ4n) is 1.86. The Morgan fingerprint density at radius 3 is 2.50 bits per heavy atom. The van der Waals surface area contributed by atoms with Gasteiger partial charge in [-0.25, -0.2) is 13.2 Å². The number of sulfonamides is 1. The molecule has 0 aliphatic carbocycles. The first-order valence-electron chi connectivity index (χ1n) is 6.41. The second-order valence-corrected chi connectivity index (χ2v) is 8.54. The number of hydrogen-bond donors (Lipinski definition) is 2. The second-order valence-electron chi connectivity index (χ2n) is 5.84. The van der Waals surface area contributed by atoms with Gasteiger partial charge in [-0.1, -0.05) is 20.8 Å². The van der Waals surface area contributed by atoms with Crippen LogP contribution in [0.1, 0.15) is 35.3 Å². The molecule has 0 fully saturated rings. The average Bonchev–Trinajstić information content (AvgIpc) is 2.94. The van der Waals surface area contributed by atoms with E-state index >= 15 is 0 Å². The zero-order valence-corrected chi connectivity index (χ0v) is 14.2. The number of carboxylic acids is 1. The van der Waals surface area contributed by atoms with Crippen LogP contribution in [0.5, 0.6) is 0 Å². The Kier molecular flexibility index (Phi) is 4.05. The molecular weight excluding hydrogens is 326 g/mol. The molecule has 22 heavy (non-hydrogen) atoms. The summed E-state index contributed by atoms with van der Waals surface area (Å²) in [5.74, 6) is -0.958. The van der Waals surface area contributed by atoms with E-state index in [9.17, 15) is 13.2 Å². The summed E-state index contributed by atoms with van der Waals surface area (Å²) in [4.78, 5) is 11.6. The molecule has 2 aromatic heterocycles. The van der Waals surface area contributed by atoms with E-state index in [4.69, 9.17) is 5.11 Å². The molecule has 0 aliphatic rings. The van der Waals surface area contributed by atoms with Gasteiger partial charge in [-0.15, -0.1) is 11.3 Å². The van der Waals surface area contributed by atoms with E-state index < -0.39 is 21.4 Å². The van der Waals surface area contributed by atoms with Gasteiger partial charge in [-0.3, -0.25) is 9.40 Å². The summed E-state index contributed by atoms with van der Waals surface area (Å²) < 4.78 is 29.0. The topological polar surface area (TPSA) is 101 Å². The summed E-state index contributed by atoms with van der Waals surface area (Å²) in [7, 11) is -2.23. The van der Waals surface area contributed by atoms with Crippen molar-refractivity contribution in [3.8, 4) is 0 Å². The molecule has 0 amide bonds. The van der Waals surface area contributed by atoms with Gasteiger partial charge in [0.25, 0.3) is 10.0 Å². The number of aromatic nitrogens is 2. The van der Waals surface area contributed by atoms with Crippen LogP contribution in [0.15, 0.2) is 23.2 Å². The number of aromatic carboxylic acids is 1. The molecule has 2 rings (SSSR count). The highest BCUT2D eigenvalue weighted by Gasteiger charge is 2.30. The van der Waals surface area contributed by atoms with Crippen LogP contribution in [0.3, 0.4) is 0 Å². The Morgan fingerprint density at radius 1 is 1.41 bits per heavy atom. The van der Waals surface area contributed by atoms with Gasteiger partial charge in [0.05, 0.1) is 0 Å². The number of carbonyl (C=O) groups is 1. The molecule has 2 heterocycles. The van der Waals surface area contributed by atoms with Crippen LogP contribution in [0.2, 0.25) is 0 Å². The number of thiophene rings is 1. The van der Waals surface area contributed by atoms with Crippen molar-refractivity contribution >= 4 is 33.1 Å². The lowest BCUT2D eigenvalue weighted by Crippen LogP contribution is -2.19. The Bertz CT molecular complexity index is 813. The minimum atomic E-state index is -3.91. The van der Waals surface area contributed by atoms with Crippen molar-refractivity contribution in [1.82, 2.24) is 9.78 Å². The summed E-state index contributed by atoms with van der Waals surface area (Å²) >= 11 is 0.973. The molecule has 2 N–H and O–H groups in total. The molecule has 120 valence electrons. The number of aryl methyl sites for hydroxylation is 1. The van der Waals surface area contributed by atoms with Gasteiger partial charge in [0.15, 0.2) is 5.82 Å². The van der Waals surface area contributed by atoms with E-state index in [0.717, 1.165) is 11.3 Å². The summed E-state index contributed by atoms with van der Waals surface area (Å²) in [6, 6.07) is 2.72. The van der Waals surface area contributed by atoms with Crippen LogP contribution >= 0.6 is 11.3 Å². The zero-order chi connectivity index (χ0) is 16.7. The monoisotopic (exact) mass is 343 g/mol. The van der Waals surface area contributed by atoms with Gasteiger partial charge in [0, 0.05) is 24.2 Å². The third-order valence-electron chi connectivity index (χ3n) is 2.83. The van der Waals surface area contributed by atoms with Crippen LogP contribution in [-0.4, -0.2) is 29.3 Å². The third kappa shape index (κ3) is 3.30. The first kappa shape index (κ1) is 16.5. The molecule has 0 aliphatic heterocycles. The van der Waals surface area contributed by atoms with Crippen molar-refractivity contribution in [1.29, 1.82) is 0 Å². The van der Waals surface area contributed by atoms with Gasteiger partial charge in [0.2, 0.25) is 0 Å². The fourth-order valence-corrected chi connectivity index (χ4v) is 4.66. The maximum atomic E-state index is 12.6. The normalized spacial score (nSPS) is 12.4. The molecule has 0 spiro atoms. The maximum Gasteiger partial charge on any atom is 0.345 e. The Morgan fingerprint density at radius 2 is 2.05 bits per heavy atom. The van der Waals surface area contributed by atoms with Crippen LogP contribution in [-0.2, 0) is 22.5 Å². The zero-order valence-electron chi connectivity index (χ0n) is 12.6. The third-order valence-corrected chi connectivity index (χ3v) is 5.89. The Hall–Kier alpha value is -1.87. The Balaban J connectivity index is 2.52. The molecule has 0 radical (unpaired) electrons. The van der Waals surface area contributed by atoms with Crippen LogP contribution in [0, 0.1) is 0 Å². The summed E-state index contributed by atoms with van der Waals surface area (Å²) in [6.07, 6.45) is 1.61. The van der Waals surface area contributed by atoms with Gasteiger partial charge in [0.1, 0.15) is 9.77 Å². The Labute approximate surface area is 132 Å². The van der Waals surface area contributed by atoms with Crippen molar-refractivity contribution in [2.45, 2.75) is 31.1 Å². The molecule has 0 saturated carbocycles. The predicted octanol–water partition coefficient (Wildman–Crippen LogP) is 2.28. The smallest absolute Gasteiger partial charge is 0.345 e. The van der Waals surface area contributed by atoms with E-state index in [1.165, 1.54) is 16.8 Å². The molecule has 0 unspecified atom stereocenters. The number of hydrogen-bond acceptors (Lipinski definition) is 5. The largest absolute Gasteiger partial charge is 0.477 e. The van der Waals surface area contributed by atoms with Crippen molar-refractivity contribution in [2.75, 3.05) is 4.72 Å². The predicted molar refractivity (Wildman–Crippen MR) is 84.0 cm³/mol. The van der Waals surface area contributed by atoms with Gasteiger partial charge in [-0.05, 0) is 11.5 Å². The number of nitrogens with one attached hydrogen (secondary N) is 1. The van der Waals surface area contributed by atoms with E-state index in [2.05, 4.69) is 9.82 Å². The molecule has 9 heteroatoms. The molecule has 0 saturated heterocycles. The standard InChI is InChI=1S/C13H17N3O4S2/c1-13(2,3)11-9(7-8(21-11)12(17)18)22(19,20)15-10-5-6-16(4)14-10/h5-7H,1-4H3,(H,14,15)(H,17,18). The summed E-state index contributed by atoms with van der Waals surface area (Å²) in [5.41, 5.74) is -0.493. The van der Waals surface area contributed by atoms with Crippen molar-refractivity contribution in [3.05, 3.63) is 28.1 Å². The summed E-state index contributed by atoms with van der Waals surface area (Å²) in [5, 5.41) is 13.1. The van der Waals surface area contributed by atoms with Crippen molar-refractivity contribution in [3.63, 3.8) is 0 Å². The van der Waals surface area contributed by atoms with Crippen LogP contribution in [0.25, 0.3) is 0 Å². The summed E-state index contributed by atoms with van der Waals surface area (Å²) in [6.45, 7) is 5.51. The second kappa shape index (κ2) is 5.40. The lowest BCUT2D eigenvalue weighted by molar-refractivity contribution is 0.0702. The highest BCUT2D eigenvalue weighted by Crippen LogP contribution is 2.37.